The summed E-state index contributed by atoms with van der Waals surface area (Å²) in [5.41, 5.74) is 26.9. The molecule has 0 aliphatic carbocycles. The number of nitrogens with two attached hydrogens (primary N) is 4. The fraction of sp³-hybridized carbons (Fsp3) is 0.571. The number of hydrogen-bond acceptors (Lipinski definition) is 10. The molecule has 0 spiro atoms. The lowest BCUT2D eigenvalue weighted by atomic mass is 10.0. The smallest absolute Gasteiger partial charge is 0.232 e. The number of aryl methyl sites for hydroxylation is 1. The quantitative estimate of drug-likeness (QED) is 0.416. The summed E-state index contributed by atoms with van der Waals surface area (Å²) < 4.78 is 0. The summed E-state index contributed by atoms with van der Waals surface area (Å²) in [7, 11) is 0. The van der Waals surface area contributed by atoms with Crippen LogP contribution in [0, 0.1) is 6.92 Å². The number of nitrogens with zero attached hydrogens (tertiary/aromatic N) is 5. The van der Waals surface area contributed by atoms with Crippen LogP contribution >= 0.6 is 11.6 Å². The molecule has 1 aromatic heterocycles. The van der Waals surface area contributed by atoms with Crippen molar-refractivity contribution in [3.63, 3.8) is 0 Å². The predicted molar refractivity (Wildman–Crippen MR) is 129 cm³/mol. The zero-order chi connectivity index (χ0) is 22.8. The highest BCUT2D eigenvalue weighted by molar-refractivity contribution is 6.31. The Morgan fingerprint density at radius 3 is 1.84 bits per heavy atom. The number of rotatable bonds is 5. The summed E-state index contributed by atoms with van der Waals surface area (Å²) in [5, 5.41) is 4.02. The molecular formula is C21H33ClN10. The van der Waals surface area contributed by atoms with E-state index in [0.29, 0.717) is 55.6 Å². The van der Waals surface area contributed by atoms with Crippen LogP contribution in [-0.2, 0) is 6.54 Å². The van der Waals surface area contributed by atoms with E-state index >= 15 is 0 Å². The van der Waals surface area contributed by atoms with Crippen molar-refractivity contribution in [1.29, 1.82) is 0 Å². The third-order valence-corrected chi connectivity index (χ3v) is 6.34. The standard InChI is InChI=1S/C21H33ClN10/c1-12-3-2-4-18(22)17(12)7-27-19-28-20(31-8-13(23)5-14(24)9-31)30-21(29-19)32-10-15(25)6-16(26)11-32/h2-4,13-16H,5-11,23-26H2,1H3,(H,27,28,29,30). The van der Waals surface area contributed by atoms with Gasteiger partial charge in [-0.25, -0.2) is 0 Å². The lowest BCUT2D eigenvalue weighted by molar-refractivity contribution is 0.441. The van der Waals surface area contributed by atoms with Gasteiger partial charge in [0.05, 0.1) is 0 Å². The van der Waals surface area contributed by atoms with Gasteiger partial charge in [0.2, 0.25) is 17.8 Å². The minimum absolute atomic E-state index is 0.0296. The first-order valence-corrected chi connectivity index (χ1v) is 11.4. The van der Waals surface area contributed by atoms with Gasteiger partial charge in [-0.15, -0.1) is 0 Å². The van der Waals surface area contributed by atoms with Gasteiger partial charge in [0, 0.05) is 61.9 Å². The molecule has 4 unspecified atom stereocenters. The van der Waals surface area contributed by atoms with Crippen molar-refractivity contribution in [3.8, 4) is 0 Å². The number of aromatic nitrogens is 3. The second-order valence-electron chi connectivity index (χ2n) is 8.97. The van der Waals surface area contributed by atoms with Crippen LogP contribution in [0.4, 0.5) is 17.8 Å². The maximum Gasteiger partial charge on any atom is 0.232 e. The van der Waals surface area contributed by atoms with Gasteiger partial charge in [0.25, 0.3) is 0 Å². The van der Waals surface area contributed by atoms with Gasteiger partial charge >= 0.3 is 0 Å². The largest absolute Gasteiger partial charge is 0.350 e. The molecule has 10 nitrogen and oxygen atoms in total. The Labute approximate surface area is 193 Å². The molecule has 0 bridgehead atoms. The molecule has 0 saturated carbocycles. The van der Waals surface area contributed by atoms with E-state index in [0.717, 1.165) is 24.0 Å². The number of halogens is 1. The second kappa shape index (κ2) is 9.72. The van der Waals surface area contributed by atoms with Crippen LogP contribution in [0.3, 0.4) is 0 Å². The van der Waals surface area contributed by atoms with Crippen LogP contribution in [0.2, 0.25) is 5.02 Å². The lowest BCUT2D eigenvalue weighted by Gasteiger charge is -2.37. The minimum atomic E-state index is -0.0296. The maximum absolute atomic E-state index is 6.40. The van der Waals surface area contributed by atoms with Crippen molar-refractivity contribution < 1.29 is 0 Å². The molecule has 2 aliphatic rings. The molecule has 4 atom stereocenters. The van der Waals surface area contributed by atoms with Gasteiger partial charge in [0.15, 0.2) is 0 Å². The van der Waals surface area contributed by atoms with Gasteiger partial charge in [-0.3, -0.25) is 0 Å². The number of piperidine rings is 2. The molecule has 3 heterocycles. The highest BCUT2D eigenvalue weighted by Gasteiger charge is 2.28. The fourth-order valence-corrected chi connectivity index (χ4v) is 4.75. The van der Waals surface area contributed by atoms with Gasteiger partial charge in [-0.2, -0.15) is 15.0 Å². The summed E-state index contributed by atoms with van der Waals surface area (Å²) in [5.74, 6) is 1.56. The number of hydrogen-bond donors (Lipinski definition) is 5. The van der Waals surface area contributed by atoms with Crippen molar-refractivity contribution in [2.75, 3.05) is 41.3 Å². The molecule has 2 aromatic rings. The predicted octanol–water partition coefficient (Wildman–Crippen LogP) is 0.175. The Morgan fingerprint density at radius 2 is 1.38 bits per heavy atom. The molecule has 32 heavy (non-hydrogen) atoms. The van der Waals surface area contributed by atoms with E-state index in [2.05, 4.69) is 15.3 Å². The van der Waals surface area contributed by atoms with E-state index in [4.69, 9.17) is 39.5 Å². The number of nitrogens with one attached hydrogen (secondary N) is 1. The molecule has 0 radical (unpaired) electrons. The topological polar surface area (TPSA) is 161 Å². The summed E-state index contributed by atoms with van der Waals surface area (Å²) >= 11 is 6.40. The number of anilines is 3. The molecule has 2 aliphatic heterocycles. The van der Waals surface area contributed by atoms with E-state index in [1.54, 1.807) is 0 Å². The maximum atomic E-state index is 6.40. The highest BCUT2D eigenvalue weighted by atomic mass is 35.5. The molecule has 9 N–H and O–H groups in total. The van der Waals surface area contributed by atoms with Crippen LogP contribution in [0.1, 0.15) is 24.0 Å². The number of benzene rings is 1. The van der Waals surface area contributed by atoms with E-state index in [1.165, 1.54) is 0 Å². The van der Waals surface area contributed by atoms with Crippen molar-refractivity contribution in [1.82, 2.24) is 15.0 Å². The third-order valence-electron chi connectivity index (χ3n) is 5.98. The fourth-order valence-electron chi connectivity index (χ4n) is 4.46. The third kappa shape index (κ3) is 5.38. The minimum Gasteiger partial charge on any atom is -0.350 e. The van der Waals surface area contributed by atoms with Gasteiger partial charge < -0.3 is 38.1 Å². The van der Waals surface area contributed by atoms with Crippen LogP contribution in [0.5, 0.6) is 0 Å². The zero-order valence-corrected chi connectivity index (χ0v) is 19.2. The summed E-state index contributed by atoms with van der Waals surface area (Å²) in [6.07, 6.45) is 1.56. The zero-order valence-electron chi connectivity index (χ0n) is 18.4. The van der Waals surface area contributed by atoms with Gasteiger partial charge in [-0.05, 0) is 37.0 Å². The average molecular weight is 461 g/mol. The molecular weight excluding hydrogens is 428 g/mol. The first kappa shape index (κ1) is 22.9. The Hall–Kier alpha value is -2.24. The van der Waals surface area contributed by atoms with E-state index < -0.39 is 0 Å². The summed E-state index contributed by atoms with van der Waals surface area (Å²) in [6.45, 7) is 5.07. The van der Waals surface area contributed by atoms with Crippen LogP contribution in [0.25, 0.3) is 0 Å². The SMILES string of the molecule is Cc1cccc(Cl)c1CNc1nc(N2CC(N)CC(N)C2)nc(N2CC(N)CC(N)C2)n1. The molecule has 11 heteroatoms. The molecule has 1 aromatic carbocycles. The second-order valence-corrected chi connectivity index (χ2v) is 9.38. The Balaban J connectivity index is 1.64. The lowest BCUT2D eigenvalue weighted by Crippen LogP contribution is -2.54. The molecule has 2 fully saturated rings. The molecule has 4 rings (SSSR count). The normalized spacial score (nSPS) is 26.3. The Kier molecular flexibility index (Phi) is 6.96. The van der Waals surface area contributed by atoms with Gasteiger partial charge in [0.1, 0.15) is 0 Å². The van der Waals surface area contributed by atoms with E-state index in [-0.39, 0.29) is 24.2 Å². The first-order valence-electron chi connectivity index (χ1n) is 11.0. The van der Waals surface area contributed by atoms with Crippen molar-refractivity contribution >= 4 is 29.4 Å². The van der Waals surface area contributed by atoms with Crippen LogP contribution in [0.15, 0.2) is 18.2 Å². The summed E-state index contributed by atoms with van der Waals surface area (Å²) in [6, 6.07) is 5.72. The summed E-state index contributed by atoms with van der Waals surface area (Å²) in [4.78, 5) is 18.2. The average Bonchev–Trinajstić information content (AvgIpc) is 2.72. The van der Waals surface area contributed by atoms with E-state index in [1.807, 2.05) is 34.9 Å². The Bertz CT molecular complexity index is 856. The van der Waals surface area contributed by atoms with Crippen LogP contribution in [-0.4, -0.2) is 65.3 Å². The molecule has 174 valence electrons. The van der Waals surface area contributed by atoms with Crippen molar-refractivity contribution in [2.45, 2.75) is 50.5 Å². The van der Waals surface area contributed by atoms with E-state index in [9.17, 15) is 0 Å². The van der Waals surface area contributed by atoms with Crippen molar-refractivity contribution in [2.24, 2.45) is 22.9 Å². The first-order chi connectivity index (χ1) is 15.3. The Morgan fingerprint density at radius 1 is 0.875 bits per heavy atom. The van der Waals surface area contributed by atoms with Crippen molar-refractivity contribution in [3.05, 3.63) is 34.3 Å². The molecule has 2 saturated heterocycles. The van der Waals surface area contributed by atoms with Crippen LogP contribution < -0.4 is 38.1 Å². The molecule has 0 amide bonds. The highest BCUT2D eigenvalue weighted by Crippen LogP contribution is 2.24. The monoisotopic (exact) mass is 460 g/mol. The van der Waals surface area contributed by atoms with Gasteiger partial charge in [-0.1, -0.05) is 23.7 Å².